The van der Waals surface area contributed by atoms with Gasteiger partial charge in [0.25, 0.3) is 0 Å². The molecule has 0 aliphatic heterocycles. The Morgan fingerprint density at radius 1 is 0.889 bits per heavy atom. The summed E-state index contributed by atoms with van der Waals surface area (Å²) in [5, 5.41) is 4.71. The Hall–Kier alpha value is -3.20. The molecule has 0 spiro atoms. The first-order valence-corrected chi connectivity index (χ1v) is 9.42. The van der Waals surface area contributed by atoms with Gasteiger partial charge in [-0.3, -0.25) is 4.57 Å². The second-order valence-electron chi connectivity index (χ2n) is 6.68. The molecule has 0 fully saturated rings. The van der Waals surface area contributed by atoms with Crippen LogP contribution in [0.1, 0.15) is 25.0 Å². The van der Waals surface area contributed by atoms with E-state index in [0.717, 1.165) is 39.0 Å². The van der Waals surface area contributed by atoms with Crippen molar-refractivity contribution in [3.8, 4) is 5.69 Å². The molecule has 0 unspecified atom stereocenters. The summed E-state index contributed by atoms with van der Waals surface area (Å²) in [7, 11) is 0. The van der Waals surface area contributed by atoms with Gasteiger partial charge in [0, 0.05) is 17.0 Å². The summed E-state index contributed by atoms with van der Waals surface area (Å²) in [6.07, 6.45) is 2.04. The number of benzene rings is 3. The van der Waals surface area contributed by atoms with E-state index in [2.05, 4.69) is 60.0 Å². The van der Waals surface area contributed by atoms with Crippen LogP contribution in [0.4, 0.5) is 5.69 Å². The lowest BCUT2D eigenvalue weighted by Crippen LogP contribution is -2.01. The van der Waals surface area contributed by atoms with Gasteiger partial charge in [-0.1, -0.05) is 50.2 Å². The maximum absolute atomic E-state index is 6.36. The maximum Gasteiger partial charge on any atom is 0.212 e. The third-order valence-corrected chi connectivity index (χ3v) is 4.98. The van der Waals surface area contributed by atoms with Gasteiger partial charge in [-0.15, -0.1) is 0 Å². The topological polar surface area (TPSA) is 44.1 Å². The van der Waals surface area contributed by atoms with Crippen molar-refractivity contribution in [2.24, 2.45) is 0 Å². The molecule has 2 aromatic heterocycles. The highest BCUT2D eigenvalue weighted by molar-refractivity contribution is 6.18. The molecule has 0 radical (unpaired) electrons. The molecule has 0 atom stereocenters. The molecule has 0 amide bonds. The van der Waals surface area contributed by atoms with Gasteiger partial charge < -0.3 is 10.2 Å². The monoisotopic (exact) mass is 356 g/mol. The lowest BCUT2D eigenvalue weighted by Gasteiger charge is -2.11. The second-order valence-corrected chi connectivity index (χ2v) is 6.68. The van der Waals surface area contributed by atoms with E-state index >= 15 is 0 Å². The molecule has 0 saturated heterocycles. The number of hydrogen-bond acceptors (Lipinski definition) is 2. The number of fused-ring (bicyclic) bond motifs is 5. The SMILES string of the molecule is CC.Cc1cc(C)c(N)c(-n2ccc3c4c(ccc5ccccc54)oc32)c1. The van der Waals surface area contributed by atoms with Gasteiger partial charge in [0.15, 0.2) is 0 Å². The van der Waals surface area contributed by atoms with Crippen LogP contribution in [-0.4, -0.2) is 4.57 Å². The van der Waals surface area contributed by atoms with Crippen LogP contribution in [0.3, 0.4) is 0 Å². The summed E-state index contributed by atoms with van der Waals surface area (Å²) in [5.74, 6) is 0. The van der Waals surface area contributed by atoms with Crippen LogP contribution in [0.2, 0.25) is 0 Å². The first kappa shape index (κ1) is 17.2. The van der Waals surface area contributed by atoms with Crippen LogP contribution in [0.25, 0.3) is 38.5 Å². The molecule has 5 rings (SSSR count). The highest BCUT2D eigenvalue weighted by Crippen LogP contribution is 2.37. The maximum atomic E-state index is 6.36. The van der Waals surface area contributed by atoms with Gasteiger partial charge in [-0.25, -0.2) is 0 Å². The zero-order valence-corrected chi connectivity index (χ0v) is 16.2. The number of nitrogens with zero attached hydrogens (tertiary/aromatic N) is 1. The highest BCUT2D eigenvalue weighted by atomic mass is 16.3. The molecular formula is C24H24N2O. The number of nitrogens with two attached hydrogens (primary N) is 1. The number of furan rings is 1. The van der Waals surface area contributed by atoms with Gasteiger partial charge in [0.05, 0.1) is 11.4 Å². The Bertz CT molecular complexity index is 1270. The van der Waals surface area contributed by atoms with E-state index in [4.69, 9.17) is 10.2 Å². The van der Waals surface area contributed by atoms with Crippen molar-refractivity contribution in [2.75, 3.05) is 5.73 Å². The molecule has 2 N–H and O–H groups in total. The largest absolute Gasteiger partial charge is 0.439 e. The fourth-order valence-electron chi connectivity index (χ4n) is 3.78. The Morgan fingerprint density at radius 2 is 1.67 bits per heavy atom. The van der Waals surface area contributed by atoms with Crippen LogP contribution < -0.4 is 5.73 Å². The van der Waals surface area contributed by atoms with Crippen LogP contribution in [-0.2, 0) is 0 Å². The standard InChI is InChI=1S/C22H18N2O.C2H6/c1-13-11-14(2)21(23)18(12-13)24-10-9-17-20-16-6-4-3-5-15(16)7-8-19(20)25-22(17)24;1-2/h3-12H,23H2,1-2H3;1-2H3. The van der Waals surface area contributed by atoms with E-state index in [1.54, 1.807) is 0 Å². The van der Waals surface area contributed by atoms with Gasteiger partial charge in [-0.2, -0.15) is 0 Å². The van der Waals surface area contributed by atoms with Gasteiger partial charge in [0.2, 0.25) is 5.71 Å². The van der Waals surface area contributed by atoms with Crippen molar-refractivity contribution in [2.45, 2.75) is 27.7 Å². The van der Waals surface area contributed by atoms with Crippen LogP contribution >= 0.6 is 0 Å². The predicted molar refractivity (Wildman–Crippen MR) is 116 cm³/mol. The Morgan fingerprint density at radius 3 is 2.48 bits per heavy atom. The Labute approximate surface area is 159 Å². The Balaban J connectivity index is 0.000000872. The normalized spacial score (nSPS) is 11.1. The average Bonchev–Trinajstić information content (AvgIpc) is 3.25. The summed E-state index contributed by atoms with van der Waals surface area (Å²) in [5.41, 5.74) is 12.1. The molecule has 5 aromatic rings. The summed E-state index contributed by atoms with van der Waals surface area (Å²) in [4.78, 5) is 0. The smallest absolute Gasteiger partial charge is 0.212 e. The van der Waals surface area contributed by atoms with E-state index in [1.165, 1.54) is 16.3 Å². The third-order valence-electron chi connectivity index (χ3n) is 4.98. The number of aryl methyl sites for hydroxylation is 2. The quantitative estimate of drug-likeness (QED) is 0.337. The minimum absolute atomic E-state index is 0.786. The molecule has 0 bridgehead atoms. The van der Waals surface area contributed by atoms with Crippen molar-refractivity contribution in [3.05, 3.63) is 71.9 Å². The molecule has 3 heteroatoms. The first-order chi connectivity index (χ1) is 13.1. The molecule has 0 aliphatic carbocycles. The molecule has 136 valence electrons. The predicted octanol–water partition coefficient (Wildman–Crippen LogP) is 6.76. The van der Waals surface area contributed by atoms with Crippen LogP contribution in [0, 0.1) is 13.8 Å². The van der Waals surface area contributed by atoms with Gasteiger partial charge >= 0.3 is 0 Å². The molecule has 0 saturated carbocycles. The van der Waals surface area contributed by atoms with E-state index in [-0.39, 0.29) is 0 Å². The summed E-state index contributed by atoms with van der Waals surface area (Å²) >= 11 is 0. The van der Waals surface area contributed by atoms with E-state index in [9.17, 15) is 0 Å². The zero-order chi connectivity index (χ0) is 19.1. The fraction of sp³-hybridized carbons (Fsp3) is 0.167. The number of rotatable bonds is 1. The van der Waals surface area contributed by atoms with E-state index in [1.807, 2.05) is 33.0 Å². The lowest BCUT2D eigenvalue weighted by molar-refractivity contribution is 0.643. The molecule has 0 aliphatic rings. The summed E-state index contributed by atoms with van der Waals surface area (Å²) in [6, 6.07) is 18.9. The summed E-state index contributed by atoms with van der Waals surface area (Å²) < 4.78 is 8.28. The number of anilines is 1. The first-order valence-electron chi connectivity index (χ1n) is 9.42. The fourth-order valence-corrected chi connectivity index (χ4v) is 3.78. The minimum Gasteiger partial charge on any atom is -0.439 e. The average molecular weight is 356 g/mol. The number of nitrogen functional groups attached to an aromatic ring is 1. The lowest BCUT2D eigenvalue weighted by atomic mass is 10.1. The highest BCUT2D eigenvalue weighted by Gasteiger charge is 2.16. The minimum atomic E-state index is 0.786. The summed E-state index contributed by atoms with van der Waals surface area (Å²) in [6.45, 7) is 8.13. The molecular weight excluding hydrogens is 332 g/mol. The molecule has 27 heavy (non-hydrogen) atoms. The Kier molecular flexibility index (Phi) is 4.15. The van der Waals surface area contributed by atoms with Crippen molar-refractivity contribution >= 4 is 38.5 Å². The van der Waals surface area contributed by atoms with Crippen LogP contribution in [0.15, 0.2) is 65.2 Å². The van der Waals surface area contributed by atoms with Gasteiger partial charge in [-0.05, 0) is 53.9 Å². The van der Waals surface area contributed by atoms with Crippen molar-refractivity contribution in [3.63, 3.8) is 0 Å². The van der Waals surface area contributed by atoms with Crippen LogP contribution in [0.5, 0.6) is 0 Å². The molecule has 3 aromatic carbocycles. The second kappa shape index (κ2) is 6.51. The van der Waals surface area contributed by atoms with E-state index < -0.39 is 0 Å². The molecule has 3 nitrogen and oxygen atoms in total. The number of hydrogen-bond donors (Lipinski definition) is 1. The number of aromatic nitrogens is 1. The van der Waals surface area contributed by atoms with Crippen molar-refractivity contribution in [1.82, 2.24) is 4.57 Å². The zero-order valence-electron chi connectivity index (χ0n) is 16.2. The third kappa shape index (κ3) is 2.58. The molecule has 2 heterocycles. The van der Waals surface area contributed by atoms with Gasteiger partial charge in [0.1, 0.15) is 5.58 Å². The van der Waals surface area contributed by atoms with Crippen molar-refractivity contribution in [1.29, 1.82) is 0 Å². The van der Waals surface area contributed by atoms with Crippen molar-refractivity contribution < 1.29 is 4.42 Å². The van der Waals surface area contributed by atoms with E-state index in [0.29, 0.717) is 0 Å².